The second kappa shape index (κ2) is 6.73. The summed E-state index contributed by atoms with van der Waals surface area (Å²) in [7, 11) is 1.69. The van der Waals surface area contributed by atoms with Gasteiger partial charge in [-0.2, -0.15) is 0 Å². The van der Waals surface area contributed by atoms with Crippen LogP contribution in [0.2, 0.25) is 0 Å². The summed E-state index contributed by atoms with van der Waals surface area (Å²) in [5.41, 5.74) is 1.13. The Balaban J connectivity index is 2.07. The van der Waals surface area contributed by atoms with Crippen molar-refractivity contribution in [2.24, 2.45) is 0 Å². The molecule has 4 nitrogen and oxygen atoms in total. The van der Waals surface area contributed by atoms with E-state index in [9.17, 15) is 0 Å². The van der Waals surface area contributed by atoms with Crippen LogP contribution in [0.5, 0.6) is 5.75 Å². The summed E-state index contributed by atoms with van der Waals surface area (Å²) in [5, 5.41) is 3.50. The van der Waals surface area contributed by atoms with Crippen LogP contribution >= 0.6 is 15.9 Å². The summed E-state index contributed by atoms with van der Waals surface area (Å²) >= 11 is 3.49. The molecule has 0 bridgehead atoms. The van der Waals surface area contributed by atoms with Crippen LogP contribution in [0.1, 0.15) is 30.8 Å². The summed E-state index contributed by atoms with van der Waals surface area (Å²) in [6.07, 6.45) is 4.60. The molecule has 2 rings (SSSR count). The first-order chi connectivity index (χ1) is 9.24. The van der Waals surface area contributed by atoms with E-state index < -0.39 is 0 Å². The number of aromatic nitrogens is 2. The number of hydrogen-bond acceptors (Lipinski definition) is 3. The molecule has 0 radical (unpaired) electrons. The fraction of sp³-hybridized carbons (Fsp3) is 0.357. The predicted molar refractivity (Wildman–Crippen MR) is 79.2 cm³/mol. The fourth-order valence-electron chi connectivity index (χ4n) is 2.02. The molecule has 5 heteroatoms. The molecule has 0 aliphatic carbocycles. The standard InChI is InChI=1S/C14H18BrN3O/c1-3-12(14-16-6-7-17-14)18-9-10-8-11(15)4-5-13(10)19-2/h4-8,12,18H,3,9H2,1-2H3,(H,16,17). The Morgan fingerprint density at radius 3 is 2.95 bits per heavy atom. The van der Waals surface area contributed by atoms with E-state index in [1.807, 2.05) is 18.3 Å². The van der Waals surface area contributed by atoms with Crippen molar-refractivity contribution >= 4 is 15.9 Å². The largest absolute Gasteiger partial charge is 0.496 e. The van der Waals surface area contributed by atoms with Crippen LogP contribution in [0.15, 0.2) is 35.1 Å². The van der Waals surface area contributed by atoms with E-state index >= 15 is 0 Å². The Morgan fingerprint density at radius 1 is 1.47 bits per heavy atom. The van der Waals surface area contributed by atoms with Gasteiger partial charge in [-0.15, -0.1) is 0 Å². The molecule has 0 spiro atoms. The van der Waals surface area contributed by atoms with Crippen molar-refractivity contribution < 1.29 is 4.74 Å². The first-order valence-electron chi connectivity index (χ1n) is 6.29. The quantitative estimate of drug-likeness (QED) is 0.856. The normalized spacial score (nSPS) is 12.4. The van der Waals surface area contributed by atoms with Gasteiger partial charge in [0.05, 0.1) is 13.2 Å². The maximum absolute atomic E-state index is 5.37. The van der Waals surface area contributed by atoms with Crippen molar-refractivity contribution in [3.63, 3.8) is 0 Å². The highest BCUT2D eigenvalue weighted by molar-refractivity contribution is 9.10. The molecular weight excluding hydrogens is 306 g/mol. The molecule has 2 aromatic rings. The molecule has 0 saturated carbocycles. The van der Waals surface area contributed by atoms with Crippen molar-refractivity contribution in [2.75, 3.05) is 7.11 Å². The van der Waals surface area contributed by atoms with Crippen LogP contribution in [0.25, 0.3) is 0 Å². The molecule has 0 amide bonds. The van der Waals surface area contributed by atoms with E-state index in [1.54, 1.807) is 13.3 Å². The van der Waals surface area contributed by atoms with E-state index in [0.29, 0.717) is 0 Å². The van der Waals surface area contributed by atoms with E-state index in [-0.39, 0.29) is 6.04 Å². The van der Waals surface area contributed by atoms with Gasteiger partial charge in [0.1, 0.15) is 11.6 Å². The van der Waals surface area contributed by atoms with Crippen LogP contribution in [-0.2, 0) is 6.54 Å². The third-order valence-corrected chi connectivity index (χ3v) is 3.53. The summed E-state index contributed by atoms with van der Waals surface area (Å²) < 4.78 is 6.42. The number of rotatable bonds is 6. The lowest BCUT2D eigenvalue weighted by Crippen LogP contribution is -2.21. The Kier molecular flexibility index (Phi) is 4.99. The Labute approximate surface area is 121 Å². The van der Waals surface area contributed by atoms with Gasteiger partial charge in [0.2, 0.25) is 0 Å². The van der Waals surface area contributed by atoms with E-state index in [4.69, 9.17) is 4.74 Å². The van der Waals surface area contributed by atoms with Crippen LogP contribution in [0, 0.1) is 0 Å². The number of benzene rings is 1. The van der Waals surface area contributed by atoms with E-state index in [1.165, 1.54) is 0 Å². The molecule has 0 aliphatic rings. The molecular formula is C14H18BrN3O. The second-order valence-corrected chi connectivity index (χ2v) is 5.19. The van der Waals surface area contributed by atoms with Gasteiger partial charge in [-0.05, 0) is 24.6 Å². The van der Waals surface area contributed by atoms with Crippen LogP contribution in [0.3, 0.4) is 0 Å². The number of nitrogens with one attached hydrogen (secondary N) is 2. The zero-order valence-corrected chi connectivity index (χ0v) is 12.7. The van der Waals surface area contributed by atoms with Crippen molar-refractivity contribution in [1.29, 1.82) is 0 Å². The minimum atomic E-state index is 0.221. The molecule has 102 valence electrons. The number of ether oxygens (including phenoxy) is 1. The number of aromatic amines is 1. The molecule has 0 saturated heterocycles. The molecule has 19 heavy (non-hydrogen) atoms. The van der Waals surface area contributed by atoms with Gasteiger partial charge in [0, 0.05) is 29.0 Å². The Bertz CT molecular complexity index is 513. The zero-order valence-electron chi connectivity index (χ0n) is 11.1. The molecule has 1 unspecified atom stereocenters. The molecule has 1 aromatic carbocycles. The first-order valence-corrected chi connectivity index (χ1v) is 7.09. The maximum atomic E-state index is 5.37. The highest BCUT2D eigenvalue weighted by Crippen LogP contribution is 2.23. The SMILES string of the molecule is CCC(NCc1cc(Br)ccc1OC)c1ncc[nH]1. The van der Waals surface area contributed by atoms with E-state index in [0.717, 1.165) is 34.6 Å². The Morgan fingerprint density at radius 2 is 2.32 bits per heavy atom. The van der Waals surface area contributed by atoms with Crippen LogP contribution in [0.4, 0.5) is 0 Å². The minimum absolute atomic E-state index is 0.221. The van der Waals surface area contributed by atoms with Crippen molar-refractivity contribution in [3.8, 4) is 5.75 Å². The summed E-state index contributed by atoms with van der Waals surface area (Å²) in [4.78, 5) is 7.45. The summed E-state index contributed by atoms with van der Waals surface area (Å²) in [6.45, 7) is 2.88. The molecule has 2 N–H and O–H groups in total. The number of halogens is 1. The Hall–Kier alpha value is -1.33. The molecule has 1 heterocycles. The minimum Gasteiger partial charge on any atom is -0.496 e. The average Bonchev–Trinajstić information content (AvgIpc) is 2.94. The maximum Gasteiger partial charge on any atom is 0.123 e. The van der Waals surface area contributed by atoms with Gasteiger partial charge in [-0.25, -0.2) is 4.98 Å². The van der Waals surface area contributed by atoms with Crippen molar-refractivity contribution in [1.82, 2.24) is 15.3 Å². The highest BCUT2D eigenvalue weighted by Gasteiger charge is 2.12. The van der Waals surface area contributed by atoms with Crippen molar-refractivity contribution in [3.05, 3.63) is 46.5 Å². The van der Waals surface area contributed by atoms with Gasteiger partial charge in [0.25, 0.3) is 0 Å². The zero-order chi connectivity index (χ0) is 13.7. The monoisotopic (exact) mass is 323 g/mol. The number of methoxy groups -OCH3 is 1. The highest BCUT2D eigenvalue weighted by atomic mass is 79.9. The van der Waals surface area contributed by atoms with Gasteiger partial charge >= 0.3 is 0 Å². The van der Waals surface area contributed by atoms with Gasteiger partial charge in [-0.3, -0.25) is 0 Å². The van der Waals surface area contributed by atoms with Crippen molar-refractivity contribution in [2.45, 2.75) is 25.9 Å². The lowest BCUT2D eigenvalue weighted by Gasteiger charge is -2.16. The van der Waals surface area contributed by atoms with E-state index in [2.05, 4.69) is 44.2 Å². The topological polar surface area (TPSA) is 49.9 Å². The lowest BCUT2D eigenvalue weighted by atomic mass is 10.1. The van der Waals surface area contributed by atoms with Gasteiger partial charge in [-0.1, -0.05) is 22.9 Å². The third kappa shape index (κ3) is 3.58. The third-order valence-electron chi connectivity index (χ3n) is 3.04. The summed E-state index contributed by atoms with van der Waals surface area (Å²) in [5.74, 6) is 1.86. The number of hydrogen-bond donors (Lipinski definition) is 2. The molecule has 0 aliphatic heterocycles. The fourth-order valence-corrected chi connectivity index (χ4v) is 2.43. The molecule has 0 fully saturated rings. The number of H-pyrrole nitrogens is 1. The summed E-state index contributed by atoms with van der Waals surface area (Å²) in [6, 6.07) is 6.24. The molecule has 1 atom stereocenters. The van der Waals surface area contributed by atoms with Crippen LogP contribution < -0.4 is 10.1 Å². The average molecular weight is 324 g/mol. The molecule has 1 aromatic heterocycles. The second-order valence-electron chi connectivity index (χ2n) is 4.27. The smallest absolute Gasteiger partial charge is 0.123 e. The van der Waals surface area contributed by atoms with Gasteiger partial charge in [0.15, 0.2) is 0 Å². The predicted octanol–water partition coefficient (Wildman–Crippen LogP) is 3.42. The first kappa shape index (κ1) is 14.1. The van der Waals surface area contributed by atoms with Crippen LogP contribution in [-0.4, -0.2) is 17.1 Å². The van der Waals surface area contributed by atoms with Gasteiger partial charge < -0.3 is 15.0 Å². The number of nitrogens with zero attached hydrogens (tertiary/aromatic N) is 1. The lowest BCUT2D eigenvalue weighted by molar-refractivity contribution is 0.403. The number of imidazole rings is 1.